The first-order chi connectivity index (χ1) is 6.38. The summed E-state index contributed by atoms with van der Waals surface area (Å²) in [5.41, 5.74) is 0. The molecule has 2 nitrogen and oxygen atoms in total. The van der Waals surface area contributed by atoms with Gasteiger partial charge in [-0.25, -0.2) is 0 Å². The molecule has 0 aromatic heterocycles. The Morgan fingerprint density at radius 2 is 1.15 bits per heavy atom. The number of carbonyl (C=O) groups excluding carboxylic acids is 2. The predicted molar refractivity (Wildman–Crippen MR) is 44.7 cm³/mol. The normalized spacial score (nSPS) is 69.8. The second-order valence-corrected chi connectivity index (χ2v) is 5.30. The van der Waals surface area contributed by atoms with Crippen molar-refractivity contribution in [2.45, 2.75) is 6.42 Å². The molecule has 4 rings (SSSR count). The van der Waals surface area contributed by atoms with Crippen molar-refractivity contribution in [1.29, 1.82) is 0 Å². The van der Waals surface area contributed by atoms with Crippen LogP contribution in [0.25, 0.3) is 0 Å². The van der Waals surface area contributed by atoms with Crippen molar-refractivity contribution in [3.63, 3.8) is 0 Å². The van der Waals surface area contributed by atoms with Gasteiger partial charge < -0.3 is 9.59 Å². The number of aldehydes is 2. The van der Waals surface area contributed by atoms with Crippen LogP contribution in [-0.2, 0) is 9.59 Å². The van der Waals surface area contributed by atoms with Crippen LogP contribution in [0.15, 0.2) is 0 Å². The molecule has 4 aliphatic carbocycles. The Morgan fingerprint density at radius 3 is 1.46 bits per heavy atom. The average Bonchev–Trinajstić information content (AvgIpc) is 3.01. The summed E-state index contributed by atoms with van der Waals surface area (Å²) in [6.45, 7) is 0. The van der Waals surface area contributed by atoms with Crippen molar-refractivity contribution in [3.05, 3.63) is 0 Å². The van der Waals surface area contributed by atoms with Crippen molar-refractivity contribution >= 4 is 12.6 Å². The molecule has 13 heavy (non-hydrogen) atoms. The summed E-state index contributed by atoms with van der Waals surface area (Å²) in [7, 11) is 0. The highest BCUT2D eigenvalue weighted by Crippen LogP contribution is 2.80. The first-order valence-corrected chi connectivity index (χ1v) is 5.29. The Morgan fingerprint density at radius 1 is 0.769 bits per heavy atom. The highest BCUT2D eigenvalue weighted by molar-refractivity contribution is 5.65. The van der Waals surface area contributed by atoms with Gasteiger partial charge in [0.05, 0.1) is 0 Å². The van der Waals surface area contributed by atoms with Gasteiger partial charge in [-0.05, 0) is 41.9 Å². The van der Waals surface area contributed by atoms with E-state index in [0.29, 0.717) is 35.5 Å². The molecule has 0 aliphatic heterocycles. The van der Waals surface area contributed by atoms with E-state index in [1.165, 1.54) is 6.42 Å². The third kappa shape index (κ3) is 0.527. The van der Waals surface area contributed by atoms with E-state index < -0.39 is 0 Å². The summed E-state index contributed by atoms with van der Waals surface area (Å²) in [5, 5.41) is 0. The minimum absolute atomic E-state index is 0.392. The topological polar surface area (TPSA) is 34.1 Å². The van der Waals surface area contributed by atoms with Gasteiger partial charge in [-0.2, -0.15) is 0 Å². The first kappa shape index (κ1) is 6.74. The van der Waals surface area contributed by atoms with Gasteiger partial charge in [0.2, 0.25) is 0 Å². The lowest BCUT2D eigenvalue weighted by molar-refractivity contribution is -0.109. The molecule has 0 saturated heterocycles. The second-order valence-electron chi connectivity index (χ2n) is 5.30. The second kappa shape index (κ2) is 1.75. The van der Waals surface area contributed by atoms with Crippen molar-refractivity contribution in [1.82, 2.24) is 0 Å². The third-order valence-electron chi connectivity index (χ3n) is 5.22. The summed E-state index contributed by atoms with van der Waals surface area (Å²) in [5.74, 6) is 5.10. The van der Waals surface area contributed by atoms with E-state index in [4.69, 9.17) is 0 Å². The molecule has 4 unspecified atom stereocenters. The molecular formula is C11H12O2. The van der Waals surface area contributed by atoms with Gasteiger partial charge in [-0.15, -0.1) is 0 Å². The van der Waals surface area contributed by atoms with Crippen LogP contribution in [0.4, 0.5) is 0 Å². The molecule has 4 atom stereocenters. The fourth-order valence-corrected chi connectivity index (χ4v) is 4.87. The SMILES string of the molecule is O=CC1C2C3CC(C12)C1C(C=O)C31. The van der Waals surface area contributed by atoms with Gasteiger partial charge in [0.1, 0.15) is 12.6 Å². The fourth-order valence-electron chi connectivity index (χ4n) is 4.87. The zero-order valence-electron chi connectivity index (χ0n) is 7.30. The fraction of sp³-hybridized carbons (Fsp3) is 0.818. The zero-order valence-corrected chi connectivity index (χ0v) is 7.30. The Bertz CT molecular complexity index is 261. The van der Waals surface area contributed by atoms with E-state index >= 15 is 0 Å². The van der Waals surface area contributed by atoms with Gasteiger partial charge in [0, 0.05) is 11.8 Å². The minimum Gasteiger partial charge on any atom is -0.303 e. The summed E-state index contributed by atoms with van der Waals surface area (Å²) in [6, 6.07) is 0. The van der Waals surface area contributed by atoms with Gasteiger partial charge >= 0.3 is 0 Å². The maximum absolute atomic E-state index is 10.7. The Labute approximate surface area is 76.7 Å². The minimum atomic E-state index is 0.392. The first-order valence-electron chi connectivity index (χ1n) is 5.29. The molecule has 0 heterocycles. The quantitative estimate of drug-likeness (QED) is 0.582. The van der Waals surface area contributed by atoms with Crippen molar-refractivity contribution in [2.24, 2.45) is 47.3 Å². The third-order valence-corrected chi connectivity index (χ3v) is 5.22. The Kier molecular flexibility index (Phi) is 0.907. The van der Waals surface area contributed by atoms with Gasteiger partial charge in [-0.3, -0.25) is 0 Å². The Hall–Kier alpha value is -0.660. The lowest BCUT2D eigenvalue weighted by Crippen LogP contribution is -2.08. The monoisotopic (exact) mass is 176 g/mol. The molecule has 0 radical (unpaired) electrons. The van der Waals surface area contributed by atoms with Gasteiger partial charge in [0.25, 0.3) is 0 Å². The van der Waals surface area contributed by atoms with Crippen molar-refractivity contribution in [3.8, 4) is 0 Å². The summed E-state index contributed by atoms with van der Waals surface area (Å²) in [6.07, 6.45) is 3.66. The average molecular weight is 176 g/mol. The molecule has 2 heteroatoms. The van der Waals surface area contributed by atoms with Crippen LogP contribution in [-0.4, -0.2) is 12.6 Å². The van der Waals surface area contributed by atoms with E-state index in [0.717, 1.165) is 24.4 Å². The van der Waals surface area contributed by atoms with Gasteiger partial charge in [-0.1, -0.05) is 0 Å². The lowest BCUT2D eigenvalue weighted by Gasteiger charge is -2.10. The standard InChI is InChI=1S/C11H12O2/c12-2-6-8-4-1-5(9(6)8)11-7(3-13)10(4)11/h2-11H,1H2. The van der Waals surface area contributed by atoms with Gasteiger partial charge in [0.15, 0.2) is 0 Å². The zero-order chi connectivity index (χ0) is 8.74. The molecule has 4 saturated carbocycles. The van der Waals surface area contributed by atoms with E-state index in [1.54, 1.807) is 0 Å². The molecule has 0 spiro atoms. The van der Waals surface area contributed by atoms with Crippen LogP contribution in [0.1, 0.15) is 6.42 Å². The maximum Gasteiger partial charge on any atom is 0.123 e. The maximum atomic E-state index is 10.7. The number of hydrogen-bond acceptors (Lipinski definition) is 2. The predicted octanol–water partition coefficient (Wildman–Crippen LogP) is 0.758. The van der Waals surface area contributed by atoms with E-state index in [2.05, 4.69) is 0 Å². The van der Waals surface area contributed by atoms with Crippen LogP contribution in [0.3, 0.4) is 0 Å². The molecular weight excluding hydrogens is 164 g/mol. The highest BCUT2D eigenvalue weighted by atomic mass is 16.1. The molecule has 0 amide bonds. The number of fused-ring (bicyclic) bond motifs is 8. The van der Waals surface area contributed by atoms with E-state index in [-0.39, 0.29) is 0 Å². The van der Waals surface area contributed by atoms with Crippen LogP contribution in [0, 0.1) is 47.3 Å². The van der Waals surface area contributed by atoms with E-state index in [1.807, 2.05) is 0 Å². The number of rotatable bonds is 2. The van der Waals surface area contributed by atoms with Crippen LogP contribution < -0.4 is 0 Å². The smallest absolute Gasteiger partial charge is 0.123 e. The molecule has 0 aromatic rings. The highest BCUT2D eigenvalue weighted by Gasteiger charge is 2.78. The molecule has 0 N–H and O–H groups in total. The summed E-state index contributed by atoms with van der Waals surface area (Å²) in [4.78, 5) is 21.4. The van der Waals surface area contributed by atoms with Crippen LogP contribution in [0.2, 0.25) is 0 Å². The van der Waals surface area contributed by atoms with E-state index in [9.17, 15) is 9.59 Å². The molecule has 0 aromatic carbocycles. The molecule has 68 valence electrons. The van der Waals surface area contributed by atoms with Crippen molar-refractivity contribution < 1.29 is 9.59 Å². The molecule has 4 aliphatic rings. The summed E-state index contributed by atoms with van der Waals surface area (Å²) < 4.78 is 0. The van der Waals surface area contributed by atoms with Crippen molar-refractivity contribution in [2.75, 3.05) is 0 Å². The lowest BCUT2D eigenvalue weighted by atomic mass is 9.94. The molecule has 2 bridgehead atoms. The van der Waals surface area contributed by atoms with Crippen LogP contribution >= 0.6 is 0 Å². The van der Waals surface area contributed by atoms with Crippen LogP contribution in [0.5, 0.6) is 0 Å². The summed E-state index contributed by atoms with van der Waals surface area (Å²) >= 11 is 0. The largest absolute Gasteiger partial charge is 0.303 e. The molecule has 4 fully saturated rings. The number of carbonyl (C=O) groups is 2. The number of hydrogen-bond donors (Lipinski definition) is 0. The Balaban J connectivity index is 1.67.